The Bertz CT molecular complexity index is 1430. The van der Waals surface area contributed by atoms with Crippen molar-refractivity contribution >= 4 is 31.0 Å². The van der Waals surface area contributed by atoms with Crippen molar-refractivity contribution in [2.24, 2.45) is 11.8 Å². The third-order valence-corrected chi connectivity index (χ3v) is 9.89. The molecule has 1 aliphatic heterocycles. The number of hydrogen-bond acceptors (Lipinski definition) is 14. The molecule has 47 heavy (non-hydrogen) atoms. The Morgan fingerprint density at radius 2 is 1.83 bits per heavy atom. The molecule has 0 bridgehead atoms. The summed E-state index contributed by atoms with van der Waals surface area (Å²) in [5, 5.41) is 38.7. The molecule has 6 atom stereocenters. The van der Waals surface area contributed by atoms with E-state index in [4.69, 9.17) is 29.0 Å². The number of nitrogens with two attached hydrogens (primary N) is 1. The average Bonchev–Trinajstić information content (AvgIpc) is 3.60. The first-order valence-corrected chi connectivity index (χ1v) is 17.5. The number of ether oxygens (including phenoxy) is 3. The Morgan fingerprint density at radius 3 is 2.45 bits per heavy atom. The van der Waals surface area contributed by atoms with Crippen LogP contribution in [0.1, 0.15) is 78.8 Å². The molecule has 0 aliphatic carbocycles. The zero-order valence-electron chi connectivity index (χ0n) is 27.5. The van der Waals surface area contributed by atoms with Gasteiger partial charge in [0.25, 0.3) is 0 Å². The number of hydrogen-bond donors (Lipinski definition) is 4. The lowest BCUT2D eigenvalue weighted by Crippen LogP contribution is -2.41. The van der Waals surface area contributed by atoms with Gasteiger partial charge in [-0.1, -0.05) is 53.4 Å². The molecule has 1 unspecified atom stereocenters. The Morgan fingerprint density at radius 1 is 1.15 bits per heavy atom. The summed E-state index contributed by atoms with van der Waals surface area (Å²) in [6.45, 7) is 7.97. The van der Waals surface area contributed by atoms with Crippen LogP contribution in [-0.4, -0.2) is 81.1 Å². The van der Waals surface area contributed by atoms with Gasteiger partial charge in [-0.2, -0.15) is 10.4 Å². The summed E-state index contributed by atoms with van der Waals surface area (Å²) in [6, 6.07) is 3.70. The first-order valence-electron chi connectivity index (χ1n) is 15.9. The van der Waals surface area contributed by atoms with Crippen molar-refractivity contribution < 1.29 is 47.6 Å². The van der Waals surface area contributed by atoms with Gasteiger partial charge in [-0.15, -0.1) is 0 Å². The van der Waals surface area contributed by atoms with Crippen molar-refractivity contribution in [3.63, 3.8) is 0 Å². The van der Waals surface area contributed by atoms with E-state index in [1.807, 2.05) is 33.8 Å². The molecule has 2 aromatic heterocycles. The lowest BCUT2D eigenvalue weighted by atomic mass is 9.92. The summed E-state index contributed by atoms with van der Waals surface area (Å²) in [5.74, 6) is -1.35. The van der Waals surface area contributed by atoms with Crippen LogP contribution in [0.25, 0.3) is 5.52 Å². The number of nitrogens with zero attached hydrogens (tertiary/aromatic N) is 4. The van der Waals surface area contributed by atoms with Crippen LogP contribution in [0.2, 0.25) is 0 Å². The number of fused-ring (bicyclic) bond motifs is 1. The molecule has 0 spiro atoms. The topological polar surface area (TPSA) is 230 Å². The number of nitrogen functional groups attached to an aromatic ring is 1. The smallest absolute Gasteiger partial charge is 0.409 e. The van der Waals surface area contributed by atoms with Crippen LogP contribution in [0.5, 0.6) is 0 Å². The molecule has 16 nitrogen and oxygen atoms in total. The number of carbonyl (C=O) groups excluding carboxylic acids is 2. The molecule has 2 aromatic rings. The van der Waals surface area contributed by atoms with E-state index < -0.39 is 63.0 Å². The third kappa shape index (κ3) is 9.05. The fourth-order valence-corrected chi connectivity index (χ4v) is 6.66. The molecule has 5 N–H and O–H groups in total. The maximum atomic E-state index is 13.9. The molecule has 262 valence electrons. The van der Waals surface area contributed by atoms with Crippen LogP contribution >= 0.6 is 7.75 Å². The van der Waals surface area contributed by atoms with Crippen LogP contribution in [0.15, 0.2) is 18.5 Å². The average molecular weight is 683 g/mol. The lowest BCUT2D eigenvalue weighted by Gasteiger charge is -2.25. The number of aromatic nitrogens is 3. The molecule has 0 radical (unpaired) electrons. The Labute approximate surface area is 274 Å². The molecule has 3 rings (SSSR count). The van der Waals surface area contributed by atoms with E-state index in [2.05, 4.69) is 15.2 Å². The van der Waals surface area contributed by atoms with Crippen LogP contribution in [0, 0.1) is 23.2 Å². The molecular formula is C30H47N6O10P. The number of aliphatic hydroxyl groups is 2. The monoisotopic (exact) mass is 682 g/mol. The molecular weight excluding hydrogens is 635 g/mol. The SMILES string of the molecule is CCCC(CCC)C(=O)OCOP(=O)(N[C@@H](C)C(=O)OCC(CC)CC)OC[C@H]1O[C@@](C#N)(c2ccc3c(N)ncnn23)[C@H](O)[C@@H]1O. The summed E-state index contributed by atoms with van der Waals surface area (Å²) in [6.07, 6.45) is 0.599. The van der Waals surface area contributed by atoms with Crippen molar-refractivity contribution in [2.75, 3.05) is 25.7 Å². The number of aliphatic hydroxyl groups excluding tert-OH is 2. The van der Waals surface area contributed by atoms with E-state index in [0.717, 1.165) is 32.0 Å². The quantitative estimate of drug-likeness (QED) is 0.0948. The molecule has 1 saturated heterocycles. The fourth-order valence-electron chi connectivity index (χ4n) is 5.32. The second kappa shape index (κ2) is 17.3. The maximum absolute atomic E-state index is 13.9. The van der Waals surface area contributed by atoms with Crippen LogP contribution in [-0.2, 0) is 43.0 Å². The second-order valence-electron chi connectivity index (χ2n) is 11.5. The summed E-state index contributed by atoms with van der Waals surface area (Å²) >= 11 is 0. The van der Waals surface area contributed by atoms with Crippen LogP contribution < -0.4 is 10.8 Å². The van der Waals surface area contributed by atoms with Gasteiger partial charge in [-0.3, -0.25) is 18.6 Å². The van der Waals surface area contributed by atoms with Gasteiger partial charge in [0.2, 0.25) is 12.4 Å². The van der Waals surface area contributed by atoms with Crippen molar-refractivity contribution in [3.05, 3.63) is 24.2 Å². The molecule has 0 aromatic carbocycles. The lowest BCUT2D eigenvalue weighted by molar-refractivity contribution is -0.156. The predicted molar refractivity (Wildman–Crippen MR) is 168 cm³/mol. The fraction of sp³-hybridized carbons (Fsp3) is 0.700. The standard InChI is InChI=1S/C30H47N6O10P/c1-6-10-21(11-7-2)29(40)43-18-45-47(41,35-19(5)28(39)42-14-20(8-3)9-4)44-15-23-25(37)26(38)30(16-31,46-23)24-13-12-22-27(32)33-17-34-36(22)24/h12-13,17,19-21,23,25-26,37-38H,6-11,14-15,18H2,1-5H3,(H,35,41)(H2,32,33,34)/t19-,23+,25+,26+,30-,47?/m0/s1. The highest BCUT2D eigenvalue weighted by molar-refractivity contribution is 7.51. The number of carbonyl (C=O) groups is 2. The number of nitriles is 1. The van der Waals surface area contributed by atoms with Crippen LogP contribution in [0.3, 0.4) is 0 Å². The molecule has 17 heteroatoms. The Balaban J connectivity index is 1.78. The molecule has 1 fully saturated rings. The third-order valence-electron chi connectivity index (χ3n) is 8.25. The van der Waals surface area contributed by atoms with E-state index >= 15 is 0 Å². The van der Waals surface area contributed by atoms with Gasteiger partial charge < -0.3 is 30.2 Å². The maximum Gasteiger partial charge on any atom is 0.409 e. The van der Waals surface area contributed by atoms with E-state index in [1.54, 1.807) is 0 Å². The van der Waals surface area contributed by atoms with Crippen molar-refractivity contribution in [3.8, 4) is 6.07 Å². The summed E-state index contributed by atoms with van der Waals surface area (Å²) in [4.78, 5) is 29.3. The minimum Gasteiger partial charge on any atom is -0.464 e. The van der Waals surface area contributed by atoms with E-state index in [-0.39, 0.29) is 30.0 Å². The zero-order chi connectivity index (χ0) is 34.8. The van der Waals surface area contributed by atoms with Crippen molar-refractivity contribution in [1.82, 2.24) is 19.7 Å². The summed E-state index contributed by atoms with van der Waals surface area (Å²) in [5.41, 5.74) is 4.17. The Kier molecular flexibility index (Phi) is 14.1. The molecule has 0 saturated carbocycles. The zero-order valence-corrected chi connectivity index (χ0v) is 28.4. The van der Waals surface area contributed by atoms with Crippen molar-refractivity contribution in [1.29, 1.82) is 5.26 Å². The van der Waals surface area contributed by atoms with Crippen LogP contribution in [0.4, 0.5) is 5.82 Å². The normalized spacial score (nSPS) is 23.1. The predicted octanol–water partition coefficient (Wildman–Crippen LogP) is 2.97. The van der Waals surface area contributed by atoms with E-state index in [9.17, 15) is 29.6 Å². The summed E-state index contributed by atoms with van der Waals surface area (Å²) < 4.78 is 42.7. The highest BCUT2D eigenvalue weighted by Gasteiger charge is 2.58. The van der Waals surface area contributed by atoms with E-state index in [0.29, 0.717) is 18.4 Å². The number of rotatable bonds is 19. The van der Waals surface area contributed by atoms with Gasteiger partial charge in [-0.05, 0) is 37.8 Å². The highest BCUT2D eigenvalue weighted by Crippen LogP contribution is 2.47. The van der Waals surface area contributed by atoms with Gasteiger partial charge in [0.1, 0.15) is 42.3 Å². The molecule has 3 heterocycles. The van der Waals surface area contributed by atoms with Gasteiger partial charge in [0.15, 0.2) is 5.82 Å². The van der Waals surface area contributed by atoms with Gasteiger partial charge in [0.05, 0.1) is 24.8 Å². The minimum atomic E-state index is -4.49. The number of esters is 2. The number of nitrogens with one attached hydrogen (secondary N) is 1. The Hall–Kier alpha value is -3.16. The molecule has 1 aliphatic rings. The number of anilines is 1. The summed E-state index contributed by atoms with van der Waals surface area (Å²) in [7, 11) is -4.49. The second-order valence-corrected chi connectivity index (χ2v) is 13.3. The minimum absolute atomic E-state index is 0.0603. The van der Waals surface area contributed by atoms with E-state index in [1.165, 1.54) is 23.6 Å². The van der Waals surface area contributed by atoms with Gasteiger partial charge in [0, 0.05) is 0 Å². The molecule has 0 amide bonds. The highest BCUT2D eigenvalue weighted by atomic mass is 31.2. The first kappa shape index (κ1) is 38.3. The largest absolute Gasteiger partial charge is 0.464 e. The van der Waals surface area contributed by atoms with Crippen molar-refractivity contribution in [2.45, 2.75) is 103 Å². The first-order chi connectivity index (χ1) is 22.4. The van der Waals surface area contributed by atoms with Gasteiger partial charge >= 0.3 is 19.7 Å². The van der Waals surface area contributed by atoms with Gasteiger partial charge in [-0.25, -0.2) is 19.2 Å².